The van der Waals surface area contributed by atoms with Crippen LogP contribution < -0.4 is 14.9 Å². The first-order valence-electron chi connectivity index (χ1n) is 10.6. The lowest BCUT2D eigenvalue weighted by Crippen LogP contribution is -2.21. The van der Waals surface area contributed by atoms with Crippen LogP contribution in [0, 0.1) is 0 Å². The molecular weight excluding hydrogens is 430 g/mol. The number of hydrogen-bond acceptors (Lipinski definition) is 5. The third-order valence-electron chi connectivity index (χ3n) is 5.15. The molecule has 4 aromatic rings. The molecule has 0 radical (unpaired) electrons. The van der Waals surface area contributed by atoms with Gasteiger partial charge in [0.15, 0.2) is 11.5 Å². The van der Waals surface area contributed by atoms with E-state index in [0.29, 0.717) is 28.2 Å². The van der Waals surface area contributed by atoms with Gasteiger partial charge in [-0.15, -0.1) is 0 Å². The van der Waals surface area contributed by atoms with Gasteiger partial charge in [0, 0.05) is 18.0 Å². The van der Waals surface area contributed by atoms with Crippen molar-refractivity contribution in [2.45, 2.75) is 6.92 Å². The number of nitrogens with one attached hydrogen (secondary N) is 1. The third-order valence-corrected chi connectivity index (χ3v) is 5.15. The van der Waals surface area contributed by atoms with Crippen LogP contribution in [0.5, 0.6) is 11.5 Å². The summed E-state index contributed by atoms with van der Waals surface area (Å²) in [6.45, 7) is 1.77. The lowest BCUT2D eigenvalue weighted by atomic mass is 10.1. The van der Waals surface area contributed by atoms with Gasteiger partial charge in [-0.3, -0.25) is 4.79 Å². The number of ether oxygens (including phenoxy) is 2. The molecule has 1 heterocycles. The minimum absolute atomic E-state index is 0.289. The molecule has 3 aromatic carbocycles. The lowest BCUT2D eigenvalue weighted by molar-refractivity contribution is 0.0729. The number of benzene rings is 3. The monoisotopic (exact) mass is 453 g/mol. The van der Waals surface area contributed by atoms with Crippen LogP contribution in [-0.4, -0.2) is 29.3 Å². The van der Waals surface area contributed by atoms with Crippen LogP contribution in [0.2, 0.25) is 0 Å². The second-order valence-electron chi connectivity index (χ2n) is 7.37. The number of aromatic nitrogens is 1. The standard InChI is InChI=1S/C27H23N3O4/c1-19(28-29-26(31)22-12-6-7-13-23(22)30-16-8-9-17-30)21-14-15-24(25(18-21)33-2)34-27(32)20-10-4-3-5-11-20/h3-18H,1-2H3,(H,29,31). The molecule has 170 valence electrons. The number of carbonyl (C=O) groups is 2. The van der Waals surface area contributed by atoms with Crippen LogP contribution >= 0.6 is 0 Å². The molecule has 1 aromatic heterocycles. The average molecular weight is 453 g/mol. The number of amides is 1. The molecule has 4 rings (SSSR count). The Hall–Kier alpha value is -4.65. The molecule has 0 atom stereocenters. The van der Waals surface area contributed by atoms with E-state index < -0.39 is 5.97 Å². The van der Waals surface area contributed by atoms with Crippen LogP contribution in [0.4, 0.5) is 0 Å². The van der Waals surface area contributed by atoms with Gasteiger partial charge in [0.1, 0.15) is 0 Å². The topological polar surface area (TPSA) is 81.9 Å². The van der Waals surface area contributed by atoms with Crippen LogP contribution in [0.25, 0.3) is 5.69 Å². The number of nitrogens with zero attached hydrogens (tertiary/aromatic N) is 2. The summed E-state index contributed by atoms with van der Waals surface area (Å²) in [4.78, 5) is 25.2. The van der Waals surface area contributed by atoms with E-state index in [0.717, 1.165) is 5.69 Å². The van der Waals surface area contributed by atoms with Gasteiger partial charge in [0.25, 0.3) is 5.91 Å². The normalized spacial score (nSPS) is 11.1. The van der Waals surface area contributed by atoms with E-state index in [1.54, 1.807) is 61.5 Å². The summed E-state index contributed by atoms with van der Waals surface area (Å²) in [6, 6.07) is 24.9. The van der Waals surface area contributed by atoms with Crippen molar-refractivity contribution in [1.82, 2.24) is 9.99 Å². The van der Waals surface area contributed by atoms with Crippen molar-refractivity contribution in [2.24, 2.45) is 5.10 Å². The Labute approximate surface area is 197 Å². The molecule has 0 spiro atoms. The smallest absolute Gasteiger partial charge is 0.343 e. The highest BCUT2D eigenvalue weighted by Crippen LogP contribution is 2.29. The first-order valence-corrected chi connectivity index (χ1v) is 10.6. The quantitative estimate of drug-likeness (QED) is 0.188. The molecule has 0 saturated carbocycles. The molecule has 7 heteroatoms. The Morgan fingerprint density at radius 1 is 0.824 bits per heavy atom. The van der Waals surface area contributed by atoms with Gasteiger partial charge in [-0.2, -0.15) is 5.10 Å². The van der Waals surface area contributed by atoms with Crippen molar-refractivity contribution >= 4 is 17.6 Å². The van der Waals surface area contributed by atoms with Gasteiger partial charge in [-0.1, -0.05) is 30.3 Å². The number of methoxy groups -OCH3 is 1. The van der Waals surface area contributed by atoms with Gasteiger partial charge in [-0.25, -0.2) is 10.2 Å². The lowest BCUT2D eigenvalue weighted by Gasteiger charge is -2.12. The molecule has 1 N–H and O–H groups in total. The maximum Gasteiger partial charge on any atom is 0.343 e. The largest absolute Gasteiger partial charge is 0.493 e. The Bertz CT molecular complexity index is 1330. The predicted octanol–water partition coefficient (Wildman–Crippen LogP) is 4.86. The Kier molecular flexibility index (Phi) is 6.84. The Morgan fingerprint density at radius 3 is 2.26 bits per heavy atom. The first kappa shape index (κ1) is 22.5. The van der Waals surface area contributed by atoms with Crippen LogP contribution in [0.1, 0.15) is 33.2 Å². The molecule has 7 nitrogen and oxygen atoms in total. The zero-order chi connectivity index (χ0) is 23.9. The van der Waals surface area contributed by atoms with E-state index >= 15 is 0 Å². The number of hydrogen-bond donors (Lipinski definition) is 1. The summed E-state index contributed by atoms with van der Waals surface area (Å²) in [5.41, 5.74) is 5.57. The number of esters is 1. The van der Waals surface area contributed by atoms with Crippen molar-refractivity contribution in [3.63, 3.8) is 0 Å². The molecule has 0 unspecified atom stereocenters. The summed E-state index contributed by atoms with van der Waals surface area (Å²) in [6.07, 6.45) is 3.75. The molecule has 0 aliphatic heterocycles. The molecule has 0 aliphatic rings. The maximum atomic E-state index is 12.8. The van der Waals surface area contributed by atoms with Crippen molar-refractivity contribution in [3.05, 3.63) is 114 Å². The zero-order valence-corrected chi connectivity index (χ0v) is 18.8. The highest BCUT2D eigenvalue weighted by Gasteiger charge is 2.15. The van der Waals surface area contributed by atoms with E-state index in [1.807, 2.05) is 47.3 Å². The van der Waals surface area contributed by atoms with Gasteiger partial charge >= 0.3 is 5.97 Å². The molecule has 0 fully saturated rings. The molecule has 0 aliphatic carbocycles. The van der Waals surface area contributed by atoms with E-state index in [4.69, 9.17) is 9.47 Å². The molecular formula is C27H23N3O4. The van der Waals surface area contributed by atoms with Gasteiger partial charge in [0.05, 0.1) is 29.6 Å². The molecule has 1 amide bonds. The van der Waals surface area contributed by atoms with Crippen LogP contribution in [0.3, 0.4) is 0 Å². The van der Waals surface area contributed by atoms with E-state index in [1.165, 1.54) is 7.11 Å². The third kappa shape index (κ3) is 5.05. The molecule has 0 bridgehead atoms. The van der Waals surface area contributed by atoms with Gasteiger partial charge in [-0.05, 0) is 61.5 Å². The highest BCUT2D eigenvalue weighted by atomic mass is 16.6. The Morgan fingerprint density at radius 2 is 1.53 bits per heavy atom. The zero-order valence-electron chi connectivity index (χ0n) is 18.8. The number of carbonyl (C=O) groups excluding carboxylic acids is 2. The van der Waals surface area contributed by atoms with Crippen molar-refractivity contribution < 1.29 is 19.1 Å². The predicted molar refractivity (Wildman–Crippen MR) is 130 cm³/mol. The van der Waals surface area contributed by atoms with Crippen molar-refractivity contribution in [2.75, 3.05) is 7.11 Å². The number of hydrazone groups is 1. The van der Waals surface area contributed by atoms with Crippen molar-refractivity contribution in [3.8, 4) is 17.2 Å². The summed E-state index contributed by atoms with van der Waals surface area (Å²) in [5.74, 6) is -0.145. The summed E-state index contributed by atoms with van der Waals surface area (Å²) < 4.78 is 12.8. The van der Waals surface area contributed by atoms with Crippen molar-refractivity contribution in [1.29, 1.82) is 0 Å². The van der Waals surface area contributed by atoms with E-state index in [2.05, 4.69) is 10.5 Å². The number of rotatable bonds is 7. The van der Waals surface area contributed by atoms with Gasteiger partial charge in [0.2, 0.25) is 0 Å². The fourth-order valence-corrected chi connectivity index (χ4v) is 3.36. The minimum atomic E-state index is -0.481. The average Bonchev–Trinajstić information content (AvgIpc) is 3.42. The summed E-state index contributed by atoms with van der Waals surface area (Å²) >= 11 is 0. The van der Waals surface area contributed by atoms with Crippen LogP contribution in [-0.2, 0) is 0 Å². The SMILES string of the molecule is COc1cc(C(C)=NNC(=O)c2ccccc2-n2cccc2)ccc1OC(=O)c1ccccc1. The molecule has 34 heavy (non-hydrogen) atoms. The second-order valence-corrected chi connectivity index (χ2v) is 7.37. The van der Waals surface area contributed by atoms with Crippen LogP contribution in [0.15, 0.2) is 102 Å². The number of para-hydroxylation sites is 1. The first-order chi connectivity index (χ1) is 16.6. The fraction of sp³-hybridized carbons (Fsp3) is 0.0741. The van der Waals surface area contributed by atoms with E-state index in [-0.39, 0.29) is 11.7 Å². The maximum absolute atomic E-state index is 12.8. The minimum Gasteiger partial charge on any atom is -0.493 e. The molecule has 0 saturated heterocycles. The Balaban J connectivity index is 1.50. The second kappa shape index (κ2) is 10.3. The fourth-order valence-electron chi connectivity index (χ4n) is 3.36. The summed E-state index contributed by atoms with van der Waals surface area (Å²) in [5, 5.41) is 4.25. The summed E-state index contributed by atoms with van der Waals surface area (Å²) in [7, 11) is 1.49. The van der Waals surface area contributed by atoms with Gasteiger partial charge < -0.3 is 14.0 Å². The highest BCUT2D eigenvalue weighted by molar-refractivity contribution is 6.02. The van der Waals surface area contributed by atoms with E-state index in [9.17, 15) is 9.59 Å².